The third kappa shape index (κ3) is 5.22. The van der Waals surface area contributed by atoms with Crippen LogP contribution in [0, 0.1) is 0 Å². The molecule has 0 spiro atoms. The van der Waals surface area contributed by atoms with Gasteiger partial charge in [-0.1, -0.05) is 58.9 Å². The Balaban J connectivity index is 1.51. The van der Waals surface area contributed by atoms with Gasteiger partial charge in [0, 0.05) is 22.0 Å². The second-order valence-corrected chi connectivity index (χ2v) is 9.75. The number of benzene rings is 2. The molecule has 1 saturated heterocycles. The lowest BCUT2D eigenvalue weighted by Gasteiger charge is -2.30. The van der Waals surface area contributed by atoms with Crippen LogP contribution in [0.15, 0.2) is 62.8 Å². The summed E-state index contributed by atoms with van der Waals surface area (Å²) in [6, 6.07) is 16.0. The van der Waals surface area contributed by atoms with E-state index in [-0.39, 0.29) is 18.4 Å². The third-order valence-electron chi connectivity index (χ3n) is 5.72. The molecule has 0 saturated carbocycles. The molecular formula is C24H26BrN3O2S. The highest BCUT2D eigenvalue weighted by Gasteiger charge is 2.31. The molecule has 2 aliphatic rings. The number of nitrogens with zero attached hydrogens (tertiary/aromatic N) is 2. The van der Waals surface area contributed by atoms with E-state index in [1.165, 1.54) is 18.2 Å². The molecule has 0 aromatic heterocycles. The highest BCUT2D eigenvalue weighted by atomic mass is 79.9. The summed E-state index contributed by atoms with van der Waals surface area (Å²) in [6.07, 6.45) is 4.17. The van der Waals surface area contributed by atoms with Gasteiger partial charge in [-0.3, -0.25) is 19.4 Å². The zero-order valence-corrected chi connectivity index (χ0v) is 19.9. The van der Waals surface area contributed by atoms with Crippen LogP contribution in [-0.2, 0) is 9.59 Å². The smallest absolute Gasteiger partial charge is 0.265 e. The van der Waals surface area contributed by atoms with Crippen LogP contribution >= 0.6 is 27.7 Å². The molecule has 1 fully saturated rings. The summed E-state index contributed by atoms with van der Waals surface area (Å²) >= 11 is 4.93. The summed E-state index contributed by atoms with van der Waals surface area (Å²) in [5.74, 6) is -0.269. The van der Waals surface area contributed by atoms with Gasteiger partial charge in [-0.05, 0) is 61.8 Å². The van der Waals surface area contributed by atoms with Crippen molar-refractivity contribution < 1.29 is 9.59 Å². The van der Waals surface area contributed by atoms with Crippen molar-refractivity contribution in [3.05, 3.63) is 63.5 Å². The molecule has 0 bridgehead atoms. The van der Waals surface area contributed by atoms with Crippen molar-refractivity contribution in [2.75, 3.05) is 31.1 Å². The first kappa shape index (κ1) is 22.1. The maximum absolute atomic E-state index is 13.3. The first-order chi connectivity index (χ1) is 15.0. The van der Waals surface area contributed by atoms with E-state index in [4.69, 9.17) is 0 Å². The molecule has 2 amide bonds. The quantitative estimate of drug-likeness (QED) is 0.593. The number of hydrogen-bond acceptors (Lipinski definition) is 4. The lowest BCUT2D eigenvalue weighted by Crippen LogP contribution is -2.46. The fourth-order valence-corrected chi connectivity index (χ4v) is 5.62. The Bertz CT molecular complexity index is 1010. The number of halogens is 1. The zero-order chi connectivity index (χ0) is 21.8. The van der Waals surface area contributed by atoms with Crippen LogP contribution < -0.4 is 10.2 Å². The lowest BCUT2D eigenvalue weighted by atomic mass is 10.2. The van der Waals surface area contributed by atoms with Gasteiger partial charge in [0.1, 0.15) is 6.54 Å². The second kappa shape index (κ2) is 10.0. The topological polar surface area (TPSA) is 52.7 Å². The Morgan fingerprint density at radius 3 is 2.90 bits per heavy atom. The molecular weight excluding hydrogens is 474 g/mol. The minimum absolute atomic E-state index is 0.0189. The average molecular weight is 500 g/mol. The Labute approximate surface area is 196 Å². The van der Waals surface area contributed by atoms with Crippen LogP contribution in [0.1, 0.15) is 25.3 Å². The highest BCUT2D eigenvalue weighted by molar-refractivity contribution is 9.10. The number of thioether (sulfide) groups is 1. The lowest BCUT2D eigenvalue weighted by molar-refractivity contribution is -0.122. The van der Waals surface area contributed by atoms with Gasteiger partial charge in [0.15, 0.2) is 0 Å². The van der Waals surface area contributed by atoms with Crippen molar-refractivity contribution in [2.24, 2.45) is 0 Å². The number of nitrogens with one attached hydrogen (secondary N) is 1. The number of carbonyl (C=O) groups excluding carboxylic acids is 2. The summed E-state index contributed by atoms with van der Waals surface area (Å²) in [4.78, 5) is 31.7. The Hall–Kier alpha value is -2.09. The molecule has 7 heteroatoms. The van der Waals surface area contributed by atoms with E-state index < -0.39 is 0 Å². The Kier molecular flexibility index (Phi) is 7.15. The van der Waals surface area contributed by atoms with E-state index >= 15 is 0 Å². The molecule has 1 atom stereocenters. The minimum Gasteiger partial charge on any atom is -0.353 e. The first-order valence-electron chi connectivity index (χ1n) is 10.6. The van der Waals surface area contributed by atoms with Crippen molar-refractivity contribution in [3.8, 4) is 0 Å². The van der Waals surface area contributed by atoms with E-state index in [0.717, 1.165) is 40.1 Å². The monoisotopic (exact) mass is 499 g/mol. The van der Waals surface area contributed by atoms with E-state index in [1.54, 1.807) is 4.90 Å². The largest absolute Gasteiger partial charge is 0.353 e. The van der Waals surface area contributed by atoms with Crippen molar-refractivity contribution in [2.45, 2.75) is 30.7 Å². The molecule has 5 nitrogen and oxygen atoms in total. The Morgan fingerprint density at radius 1 is 1.26 bits per heavy atom. The normalized spacial score (nSPS) is 20.2. The number of hydrogen-bond donors (Lipinski definition) is 1. The maximum Gasteiger partial charge on any atom is 0.265 e. The molecule has 1 N–H and O–H groups in total. The molecule has 2 aromatic carbocycles. The van der Waals surface area contributed by atoms with Gasteiger partial charge < -0.3 is 5.32 Å². The van der Waals surface area contributed by atoms with Crippen molar-refractivity contribution in [1.82, 2.24) is 10.2 Å². The number of likely N-dealkylation sites (N-methyl/N-ethyl adjacent to an activating group) is 1. The fraction of sp³-hybridized carbons (Fsp3) is 0.333. The molecule has 4 rings (SSSR count). The molecule has 31 heavy (non-hydrogen) atoms. The maximum atomic E-state index is 13.3. The van der Waals surface area contributed by atoms with Crippen molar-refractivity contribution in [3.63, 3.8) is 0 Å². The number of carbonyl (C=O) groups is 2. The van der Waals surface area contributed by atoms with Gasteiger partial charge in [0.2, 0.25) is 5.91 Å². The number of rotatable bonds is 6. The van der Waals surface area contributed by atoms with Crippen LogP contribution in [0.5, 0.6) is 0 Å². The number of para-hydroxylation sites is 1. The van der Waals surface area contributed by atoms with Gasteiger partial charge in [0.25, 0.3) is 5.91 Å². The van der Waals surface area contributed by atoms with Crippen LogP contribution in [0.4, 0.5) is 5.69 Å². The Morgan fingerprint density at radius 2 is 2.10 bits per heavy atom. The number of amides is 2. The van der Waals surface area contributed by atoms with Gasteiger partial charge in [0.05, 0.1) is 10.6 Å². The summed E-state index contributed by atoms with van der Waals surface area (Å²) in [5, 5.41) is 3.05. The molecule has 0 radical (unpaired) electrons. The molecule has 162 valence electrons. The average Bonchev–Trinajstić information content (AvgIpc) is 3.23. The summed E-state index contributed by atoms with van der Waals surface area (Å²) < 4.78 is 0.958. The molecule has 2 aliphatic heterocycles. The second-order valence-electron chi connectivity index (χ2n) is 7.75. The predicted octanol–water partition coefficient (Wildman–Crippen LogP) is 4.53. The standard InChI is InChI=1S/C24H26BrN3O2S/c1-2-27-12-6-9-19(27)15-26-23(29)16-28-20-10-3-4-11-21(20)31-22(24(28)30)14-17-7-5-8-18(25)13-17/h3-5,7-8,10-11,13-14,19H,2,6,9,12,15-16H2,1H3,(H,26,29)/b22-14+/t19-/m1/s1. The SMILES string of the molecule is CCN1CCC[C@@H]1CNC(=O)CN1C(=O)/C(=C\c2cccc(Br)c2)Sc2ccccc21. The number of anilines is 1. The van der Waals surface area contributed by atoms with E-state index in [1.807, 2.05) is 54.6 Å². The molecule has 2 heterocycles. The first-order valence-corrected chi connectivity index (χ1v) is 12.2. The van der Waals surface area contributed by atoms with Crippen molar-refractivity contribution in [1.29, 1.82) is 0 Å². The van der Waals surface area contributed by atoms with Crippen LogP contribution in [0.25, 0.3) is 6.08 Å². The molecule has 0 unspecified atom stereocenters. The summed E-state index contributed by atoms with van der Waals surface area (Å²) in [7, 11) is 0. The van der Waals surface area contributed by atoms with Gasteiger partial charge in [-0.2, -0.15) is 0 Å². The predicted molar refractivity (Wildman–Crippen MR) is 130 cm³/mol. The van der Waals surface area contributed by atoms with Crippen LogP contribution in [0.2, 0.25) is 0 Å². The highest BCUT2D eigenvalue weighted by Crippen LogP contribution is 2.42. The summed E-state index contributed by atoms with van der Waals surface area (Å²) in [5.41, 5.74) is 1.73. The third-order valence-corrected chi connectivity index (χ3v) is 7.29. The molecule has 0 aliphatic carbocycles. The van der Waals surface area contributed by atoms with Gasteiger partial charge in [-0.15, -0.1) is 0 Å². The van der Waals surface area contributed by atoms with Crippen LogP contribution in [-0.4, -0.2) is 48.9 Å². The van der Waals surface area contributed by atoms with E-state index in [0.29, 0.717) is 17.5 Å². The zero-order valence-electron chi connectivity index (χ0n) is 17.5. The minimum atomic E-state index is -0.144. The number of likely N-dealkylation sites (tertiary alicyclic amines) is 1. The fourth-order valence-electron chi connectivity index (χ4n) is 4.14. The molecule has 2 aromatic rings. The number of fused-ring (bicyclic) bond motifs is 1. The van der Waals surface area contributed by atoms with Gasteiger partial charge in [-0.25, -0.2) is 0 Å². The van der Waals surface area contributed by atoms with E-state index in [9.17, 15) is 9.59 Å². The van der Waals surface area contributed by atoms with Crippen molar-refractivity contribution >= 4 is 51.3 Å². The van der Waals surface area contributed by atoms with Gasteiger partial charge >= 0.3 is 0 Å². The van der Waals surface area contributed by atoms with Crippen LogP contribution in [0.3, 0.4) is 0 Å². The van der Waals surface area contributed by atoms with E-state index in [2.05, 4.69) is 33.1 Å². The summed E-state index contributed by atoms with van der Waals surface area (Å²) in [6.45, 7) is 4.90.